The summed E-state index contributed by atoms with van der Waals surface area (Å²) in [7, 11) is 0. The van der Waals surface area contributed by atoms with Crippen LogP contribution in [0.25, 0.3) is 0 Å². The van der Waals surface area contributed by atoms with Gasteiger partial charge in [0.25, 0.3) is 0 Å². The van der Waals surface area contributed by atoms with E-state index >= 15 is 0 Å². The average molecular weight is 276 g/mol. The smallest absolute Gasteiger partial charge is 0.407 e. The van der Waals surface area contributed by atoms with Gasteiger partial charge < -0.3 is 20.0 Å². The van der Waals surface area contributed by atoms with Crippen molar-refractivity contribution in [2.75, 3.05) is 26.3 Å². The van der Waals surface area contributed by atoms with Crippen LogP contribution in [0.3, 0.4) is 0 Å². The number of ether oxygens (including phenoxy) is 2. The number of carbonyl (C=O) groups excluding carboxylic acids is 1. The zero-order valence-electron chi connectivity index (χ0n) is 12.9. The third kappa shape index (κ3) is 10.7. The number of hydroxylamine groups is 2. The number of hydrogen-bond acceptors (Lipinski definition) is 5. The maximum absolute atomic E-state index is 11.3. The van der Waals surface area contributed by atoms with Crippen molar-refractivity contribution in [3.05, 3.63) is 0 Å². The quantitative estimate of drug-likeness (QED) is 0.573. The topological polar surface area (TPSA) is 71.0 Å². The Kier molecular flexibility index (Phi) is 7.33. The molecule has 2 N–H and O–H groups in total. The van der Waals surface area contributed by atoms with Crippen molar-refractivity contribution >= 4 is 6.09 Å². The number of amides is 1. The summed E-state index contributed by atoms with van der Waals surface area (Å²) in [5.74, 6) is 0. The predicted molar refractivity (Wildman–Crippen MR) is 73.3 cm³/mol. The van der Waals surface area contributed by atoms with Gasteiger partial charge >= 0.3 is 6.09 Å². The van der Waals surface area contributed by atoms with E-state index in [0.717, 1.165) is 0 Å². The molecule has 0 aliphatic heterocycles. The average Bonchev–Trinajstić information content (AvgIpc) is 2.18. The third-order valence-electron chi connectivity index (χ3n) is 2.14. The highest BCUT2D eigenvalue weighted by atomic mass is 16.6. The molecule has 0 aromatic rings. The Labute approximate surface area is 116 Å². The van der Waals surface area contributed by atoms with E-state index in [1.54, 1.807) is 0 Å². The van der Waals surface area contributed by atoms with Crippen molar-refractivity contribution < 1.29 is 19.5 Å². The largest absolute Gasteiger partial charge is 0.444 e. The Balaban J connectivity index is 3.54. The minimum atomic E-state index is -0.491. The lowest BCUT2D eigenvalue weighted by Gasteiger charge is -2.29. The number of carbonyl (C=O) groups is 1. The number of hydrogen-bond donors (Lipinski definition) is 2. The lowest BCUT2D eigenvalue weighted by atomic mass is 10.1. The van der Waals surface area contributed by atoms with E-state index in [1.807, 2.05) is 41.5 Å². The molecule has 114 valence electrons. The van der Waals surface area contributed by atoms with Gasteiger partial charge in [-0.15, -0.1) is 0 Å². The fourth-order valence-corrected chi connectivity index (χ4v) is 1.13. The second-order valence-electron chi connectivity index (χ2n) is 6.34. The van der Waals surface area contributed by atoms with Crippen LogP contribution >= 0.6 is 0 Å². The van der Waals surface area contributed by atoms with Gasteiger partial charge in [0.2, 0.25) is 0 Å². The highest BCUT2D eigenvalue weighted by molar-refractivity contribution is 5.67. The molecule has 6 nitrogen and oxygen atoms in total. The van der Waals surface area contributed by atoms with Crippen molar-refractivity contribution in [3.63, 3.8) is 0 Å². The molecular weight excluding hydrogens is 248 g/mol. The van der Waals surface area contributed by atoms with E-state index in [-0.39, 0.29) is 5.54 Å². The molecule has 0 spiro atoms. The van der Waals surface area contributed by atoms with Gasteiger partial charge in [0.1, 0.15) is 5.60 Å². The third-order valence-corrected chi connectivity index (χ3v) is 2.14. The first-order chi connectivity index (χ1) is 8.52. The molecule has 0 aliphatic carbocycles. The van der Waals surface area contributed by atoms with E-state index < -0.39 is 11.7 Å². The molecule has 0 unspecified atom stereocenters. The minimum Gasteiger partial charge on any atom is -0.444 e. The van der Waals surface area contributed by atoms with Gasteiger partial charge in [0.15, 0.2) is 0 Å². The Hall–Kier alpha value is -0.850. The molecule has 0 bridgehead atoms. The second-order valence-corrected chi connectivity index (χ2v) is 6.34. The highest BCUT2D eigenvalue weighted by Gasteiger charge is 2.18. The predicted octanol–water partition coefficient (Wildman–Crippen LogP) is 2.02. The molecule has 0 atom stereocenters. The first-order valence-corrected chi connectivity index (χ1v) is 6.53. The molecular formula is C13H28N2O4. The monoisotopic (exact) mass is 276 g/mol. The summed E-state index contributed by atoms with van der Waals surface area (Å²) in [5.41, 5.74) is -0.785. The van der Waals surface area contributed by atoms with E-state index in [4.69, 9.17) is 9.47 Å². The molecule has 19 heavy (non-hydrogen) atoms. The first kappa shape index (κ1) is 18.1. The van der Waals surface area contributed by atoms with Crippen molar-refractivity contribution in [2.24, 2.45) is 0 Å². The maximum atomic E-state index is 11.3. The van der Waals surface area contributed by atoms with Gasteiger partial charge in [-0.1, -0.05) is 0 Å². The minimum absolute atomic E-state index is 0.294. The Morgan fingerprint density at radius 3 is 2.21 bits per heavy atom. The highest BCUT2D eigenvalue weighted by Crippen LogP contribution is 2.08. The van der Waals surface area contributed by atoms with Crippen LogP contribution in [0.2, 0.25) is 0 Å². The van der Waals surface area contributed by atoms with Crippen LogP contribution in [-0.2, 0) is 9.47 Å². The van der Waals surface area contributed by atoms with Crippen molar-refractivity contribution in [3.8, 4) is 0 Å². The van der Waals surface area contributed by atoms with Crippen LogP contribution in [0.5, 0.6) is 0 Å². The summed E-state index contributed by atoms with van der Waals surface area (Å²) in [5, 5.41) is 13.4. The van der Waals surface area contributed by atoms with Crippen molar-refractivity contribution in [1.29, 1.82) is 0 Å². The van der Waals surface area contributed by atoms with E-state index in [2.05, 4.69) is 5.32 Å². The van der Waals surface area contributed by atoms with E-state index in [1.165, 1.54) is 5.06 Å². The van der Waals surface area contributed by atoms with Crippen LogP contribution < -0.4 is 5.32 Å². The summed E-state index contributed by atoms with van der Waals surface area (Å²) in [6.45, 7) is 12.8. The number of nitrogens with one attached hydrogen (secondary N) is 1. The van der Waals surface area contributed by atoms with Gasteiger partial charge in [-0.25, -0.2) is 4.79 Å². The molecule has 1 amide bonds. The number of rotatable bonds is 6. The lowest BCUT2D eigenvalue weighted by Crippen LogP contribution is -2.41. The zero-order valence-corrected chi connectivity index (χ0v) is 12.9. The summed E-state index contributed by atoms with van der Waals surface area (Å²) in [6, 6.07) is 0. The zero-order chi connectivity index (χ0) is 15.1. The van der Waals surface area contributed by atoms with Crippen LogP contribution in [0, 0.1) is 0 Å². The van der Waals surface area contributed by atoms with Gasteiger partial charge in [0, 0.05) is 18.6 Å². The summed E-state index contributed by atoms with van der Waals surface area (Å²) >= 11 is 0. The number of nitrogens with zero attached hydrogens (tertiary/aromatic N) is 1. The standard InChI is InChI=1S/C13H28N2O4/c1-12(2,3)15(17)8-10-18-9-7-14-11(16)19-13(4,5)6/h17H,7-10H2,1-6H3,(H,14,16). The second kappa shape index (κ2) is 7.67. The van der Waals surface area contributed by atoms with E-state index in [0.29, 0.717) is 26.3 Å². The molecule has 0 rings (SSSR count). The molecule has 0 aromatic heterocycles. The summed E-state index contributed by atoms with van der Waals surface area (Å²) in [4.78, 5) is 11.3. The SMILES string of the molecule is CC(C)(C)OC(=O)NCCOCCN(O)C(C)(C)C. The molecule has 6 heteroatoms. The molecule has 0 fully saturated rings. The Morgan fingerprint density at radius 1 is 1.16 bits per heavy atom. The molecule has 0 heterocycles. The van der Waals surface area contributed by atoms with Crippen molar-refractivity contribution in [2.45, 2.75) is 52.7 Å². The molecule has 0 saturated heterocycles. The van der Waals surface area contributed by atoms with Crippen molar-refractivity contribution in [1.82, 2.24) is 10.4 Å². The van der Waals surface area contributed by atoms with Gasteiger partial charge in [-0.05, 0) is 41.5 Å². The maximum Gasteiger partial charge on any atom is 0.407 e. The van der Waals surface area contributed by atoms with Crippen LogP contribution in [0.15, 0.2) is 0 Å². The van der Waals surface area contributed by atoms with E-state index in [9.17, 15) is 10.0 Å². The normalized spacial score (nSPS) is 12.6. The lowest BCUT2D eigenvalue weighted by molar-refractivity contribution is -0.164. The number of alkyl carbamates (subject to hydrolysis) is 1. The first-order valence-electron chi connectivity index (χ1n) is 6.53. The van der Waals surface area contributed by atoms with Crippen LogP contribution in [-0.4, -0.2) is 53.8 Å². The van der Waals surface area contributed by atoms with Gasteiger partial charge in [0.05, 0.1) is 13.2 Å². The molecule has 0 aliphatic rings. The fraction of sp³-hybridized carbons (Fsp3) is 0.923. The fourth-order valence-electron chi connectivity index (χ4n) is 1.13. The van der Waals surface area contributed by atoms with Gasteiger partial charge in [-0.3, -0.25) is 0 Å². The molecule has 0 radical (unpaired) electrons. The molecule has 0 aromatic carbocycles. The van der Waals surface area contributed by atoms with Crippen LogP contribution in [0.4, 0.5) is 4.79 Å². The Morgan fingerprint density at radius 2 is 1.74 bits per heavy atom. The van der Waals surface area contributed by atoms with Crippen LogP contribution in [0.1, 0.15) is 41.5 Å². The molecule has 0 saturated carbocycles. The summed E-state index contributed by atoms with van der Waals surface area (Å²) in [6.07, 6.45) is -0.449. The Bertz CT molecular complexity index is 269. The summed E-state index contributed by atoms with van der Waals surface area (Å²) < 4.78 is 10.4. The van der Waals surface area contributed by atoms with Gasteiger partial charge in [-0.2, -0.15) is 5.06 Å².